The molecular weight excluding hydrogens is 418 g/mol. The molecule has 0 spiro atoms. The molecule has 6 nitrogen and oxygen atoms in total. The summed E-state index contributed by atoms with van der Waals surface area (Å²) in [7, 11) is 0. The third kappa shape index (κ3) is 4.00. The highest BCUT2D eigenvalue weighted by atomic mass is 32.1. The van der Waals surface area contributed by atoms with Crippen LogP contribution in [0.25, 0.3) is 0 Å². The monoisotopic (exact) mass is 445 g/mol. The van der Waals surface area contributed by atoms with Crippen molar-refractivity contribution in [3.63, 3.8) is 0 Å². The van der Waals surface area contributed by atoms with E-state index in [9.17, 15) is 4.79 Å². The van der Waals surface area contributed by atoms with Crippen molar-refractivity contribution in [3.05, 3.63) is 78.4 Å². The van der Waals surface area contributed by atoms with E-state index in [0.29, 0.717) is 11.2 Å². The van der Waals surface area contributed by atoms with Crippen molar-refractivity contribution in [1.29, 1.82) is 0 Å². The number of thiocarbonyl (C=S) groups is 1. The van der Waals surface area contributed by atoms with Crippen LogP contribution >= 0.6 is 12.2 Å². The molecule has 0 radical (unpaired) electrons. The number of hydrogen-bond acceptors (Lipinski definition) is 3. The number of carbonyl (C=O) groups excluding carboxylic acids is 1. The van der Waals surface area contributed by atoms with Crippen LogP contribution in [0.3, 0.4) is 0 Å². The Kier molecular flexibility index (Phi) is 5.66. The van der Waals surface area contributed by atoms with Crippen molar-refractivity contribution in [2.45, 2.75) is 50.7 Å². The second-order valence-electron chi connectivity index (χ2n) is 8.55. The minimum Gasteiger partial charge on any atom is -0.351 e. The predicted molar refractivity (Wildman–Crippen MR) is 131 cm³/mol. The molecule has 0 unspecified atom stereocenters. The van der Waals surface area contributed by atoms with Crippen molar-refractivity contribution in [2.75, 3.05) is 10.2 Å². The molecule has 1 aliphatic carbocycles. The first-order valence-corrected chi connectivity index (χ1v) is 11.6. The Balaban J connectivity index is 1.52. The fourth-order valence-electron chi connectivity index (χ4n) is 4.92. The van der Waals surface area contributed by atoms with E-state index in [0.717, 1.165) is 17.1 Å². The zero-order chi connectivity index (χ0) is 22.1. The first-order valence-electron chi connectivity index (χ1n) is 11.2. The van der Waals surface area contributed by atoms with Crippen LogP contribution in [-0.2, 0) is 4.79 Å². The lowest BCUT2D eigenvalue weighted by atomic mass is 9.98. The van der Waals surface area contributed by atoms with Gasteiger partial charge in [0, 0.05) is 42.9 Å². The Hall–Kier alpha value is -3.19. The van der Waals surface area contributed by atoms with Crippen LogP contribution in [0.4, 0.5) is 11.4 Å². The van der Waals surface area contributed by atoms with Crippen LogP contribution < -0.4 is 15.5 Å². The maximum absolute atomic E-state index is 11.4. The van der Waals surface area contributed by atoms with E-state index in [1.165, 1.54) is 38.2 Å². The molecule has 0 bridgehead atoms. The van der Waals surface area contributed by atoms with Gasteiger partial charge in [0.2, 0.25) is 5.91 Å². The summed E-state index contributed by atoms with van der Waals surface area (Å²) in [5.74, 6) is -0.0857. The average molecular weight is 446 g/mol. The number of carbonyl (C=O) groups is 1. The zero-order valence-electron chi connectivity index (χ0n) is 18.1. The van der Waals surface area contributed by atoms with Crippen molar-refractivity contribution in [2.24, 2.45) is 0 Å². The normalized spacial score (nSPS) is 21.0. The highest BCUT2D eigenvalue weighted by molar-refractivity contribution is 7.80. The lowest BCUT2D eigenvalue weighted by Gasteiger charge is -2.27. The number of nitrogens with zero attached hydrogens (tertiary/aromatic N) is 3. The van der Waals surface area contributed by atoms with Gasteiger partial charge in [-0.15, -0.1) is 0 Å². The van der Waals surface area contributed by atoms with Gasteiger partial charge in [-0.05, 0) is 73.1 Å². The minimum absolute atomic E-state index is 0.0216. The van der Waals surface area contributed by atoms with E-state index in [1.54, 1.807) is 0 Å². The predicted octanol–water partition coefficient (Wildman–Crippen LogP) is 5.13. The summed E-state index contributed by atoms with van der Waals surface area (Å²) in [6, 6.07) is 16.5. The van der Waals surface area contributed by atoms with Gasteiger partial charge in [-0.1, -0.05) is 18.9 Å². The molecule has 5 rings (SSSR count). The van der Waals surface area contributed by atoms with Crippen LogP contribution in [0.2, 0.25) is 0 Å². The van der Waals surface area contributed by atoms with E-state index >= 15 is 0 Å². The van der Waals surface area contributed by atoms with Gasteiger partial charge >= 0.3 is 0 Å². The van der Waals surface area contributed by atoms with Gasteiger partial charge in [0.25, 0.3) is 0 Å². The molecular formula is C25H27N5OS. The lowest BCUT2D eigenvalue weighted by molar-refractivity contribution is -0.114. The summed E-state index contributed by atoms with van der Waals surface area (Å²) >= 11 is 5.80. The van der Waals surface area contributed by atoms with Gasteiger partial charge in [-0.25, -0.2) is 0 Å². The highest BCUT2D eigenvalue weighted by Gasteiger charge is 2.41. The number of benzene rings is 1. The standard InChI is InChI=1S/C25H27N5OS/c1-17(31)27-19-9-11-21(12-10-19)30-24(18-13-15-29(16-18)20-6-2-3-7-20)23(28-25(30)32)22-8-4-5-14-26-22/h4-5,8-16,20,23-24H,2-3,6-7H2,1H3,(H,27,31)(H,28,32)/t23-,24-/m1/s1. The van der Waals surface area contributed by atoms with E-state index in [-0.39, 0.29) is 18.0 Å². The first-order chi connectivity index (χ1) is 15.6. The molecule has 3 aromatic rings. The molecule has 7 heteroatoms. The number of pyridine rings is 1. The topological polar surface area (TPSA) is 62.2 Å². The molecule has 32 heavy (non-hydrogen) atoms. The van der Waals surface area contributed by atoms with E-state index in [2.05, 4.69) is 43.5 Å². The van der Waals surface area contributed by atoms with Crippen LogP contribution in [-0.4, -0.2) is 20.6 Å². The number of amides is 1. The van der Waals surface area contributed by atoms with Gasteiger partial charge in [-0.2, -0.15) is 0 Å². The maximum atomic E-state index is 11.4. The van der Waals surface area contributed by atoms with Crippen molar-refractivity contribution in [1.82, 2.24) is 14.9 Å². The van der Waals surface area contributed by atoms with Crippen LogP contribution in [0.5, 0.6) is 0 Å². The smallest absolute Gasteiger partial charge is 0.221 e. The summed E-state index contributed by atoms with van der Waals surface area (Å²) in [6.07, 6.45) is 11.4. The van der Waals surface area contributed by atoms with E-state index in [1.807, 2.05) is 48.7 Å². The molecule has 1 amide bonds. The Morgan fingerprint density at radius 3 is 2.59 bits per heavy atom. The molecule has 2 aliphatic rings. The number of rotatable bonds is 5. The SMILES string of the molecule is CC(=O)Nc1ccc(N2C(=S)N[C@H](c3ccccn3)[C@H]2c2ccn(C3CCCC3)c2)cc1. The first kappa shape index (κ1) is 20.7. The van der Waals surface area contributed by atoms with Crippen LogP contribution in [0.1, 0.15) is 62.0 Å². The number of nitrogens with one attached hydrogen (secondary N) is 2. The van der Waals surface area contributed by atoms with Gasteiger partial charge < -0.3 is 20.1 Å². The summed E-state index contributed by atoms with van der Waals surface area (Å²) in [6.45, 7) is 1.51. The van der Waals surface area contributed by atoms with Crippen molar-refractivity contribution < 1.29 is 4.79 Å². The Morgan fingerprint density at radius 2 is 1.91 bits per heavy atom. The molecule has 2 N–H and O–H groups in total. The third-order valence-electron chi connectivity index (χ3n) is 6.39. The summed E-state index contributed by atoms with van der Waals surface area (Å²) in [5, 5.41) is 7.01. The fraction of sp³-hybridized carbons (Fsp3) is 0.320. The minimum atomic E-state index is -0.0857. The lowest BCUT2D eigenvalue weighted by Crippen LogP contribution is -2.29. The Bertz CT molecular complexity index is 1100. The van der Waals surface area contributed by atoms with E-state index < -0.39 is 0 Å². The quantitative estimate of drug-likeness (QED) is 0.533. The number of anilines is 2. The van der Waals surface area contributed by atoms with Gasteiger partial charge in [0.05, 0.1) is 17.8 Å². The van der Waals surface area contributed by atoms with Gasteiger partial charge in [0.15, 0.2) is 5.11 Å². The van der Waals surface area contributed by atoms with Gasteiger partial charge in [-0.3, -0.25) is 9.78 Å². The fourth-order valence-corrected chi connectivity index (χ4v) is 5.26. The summed E-state index contributed by atoms with van der Waals surface area (Å²) < 4.78 is 2.37. The zero-order valence-corrected chi connectivity index (χ0v) is 18.9. The molecule has 164 valence electrons. The Morgan fingerprint density at radius 1 is 1.12 bits per heavy atom. The van der Waals surface area contributed by atoms with Gasteiger partial charge in [0.1, 0.15) is 0 Å². The molecule has 2 atom stereocenters. The van der Waals surface area contributed by atoms with Crippen LogP contribution in [0, 0.1) is 0 Å². The van der Waals surface area contributed by atoms with Crippen molar-refractivity contribution >= 4 is 34.6 Å². The third-order valence-corrected chi connectivity index (χ3v) is 6.70. The van der Waals surface area contributed by atoms with E-state index in [4.69, 9.17) is 12.2 Å². The molecule has 1 saturated carbocycles. The molecule has 2 aromatic heterocycles. The molecule has 1 saturated heterocycles. The summed E-state index contributed by atoms with van der Waals surface area (Å²) in [5.41, 5.74) is 3.93. The molecule has 1 aliphatic heterocycles. The summed E-state index contributed by atoms with van der Waals surface area (Å²) in [4.78, 5) is 18.2. The van der Waals surface area contributed by atoms with Crippen molar-refractivity contribution in [3.8, 4) is 0 Å². The Labute approximate surface area is 193 Å². The average Bonchev–Trinajstić information content (AvgIpc) is 3.54. The highest BCUT2D eigenvalue weighted by Crippen LogP contribution is 2.42. The number of hydrogen-bond donors (Lipinski definition) is 2. The molecule has 1 aromatic carbocycles. The van der Waals surface area contributed by atoms with Crippen LogP contribution in [0.15, 0.2) is 67.1 Å². The maximum Gasteiger partial charge on any atom is 0.221 e. The second-order valence-corrected chi connectivity index (χ2v) is 8.94. The molecule has 2 fully saturated rings. The number of aromatic nitrogens is 2. The molecule has 3 heterocycles. The largest absolute Gasteiger partial charge is 0.351 e. The second kappa shape index (κ2) is 8.74.